The lowest BCUT2D eigenvalue weighted by atomic mass is 10.2. The molecule has 1 fully saturated rings. The maximum atomic E-state index is 11.5. The number of carbonyl (C=O) groups excluding carboxylic acids is 1. The van der Waals surface area contributed by atoms with Crippen LogP contribution in [0.1, 0.15) is 0 Å². The van der Waals surface area contributed by atoms with E-state index in [0.717, 1.165) is 11.8 Å². The van der Waals surface area contributed by atoms with Crippen LogP contribution in [0.25, 0.3) is 0 Å². The predicted octanol–water partition coefficient (Wildman–Crippen LogP) is 1.04. The molecule has 8 heteroatoms. The van der Waals surface area contributed by atoms with Crippen LogP contribution in [0.2, 0.25) is 5.02 Å². The average molecular weight is 302 g/mol. The molecular formula is C11H12ClN3O3S. The maximum Gasteiger partial charge on any atom is 0.332 e. The van der Waals surface area contributed by atoms with Crippen molar-refractivity contribution in [2.24, 2.45) is 4.40 Å². The molecule has 0 aliphatic carbocycles. The molecule has 0 atom stereocenters. The summed E-state index contributed by atoms with van der Waals surface area (Å²) in [6.07, 6.45) is 1.07. The quantitative estimate of drug-likeness (QED) is 0.618. The number of hydrogen-bond donors (Lipinski definition) is 0. The van der Waals surface area contributed by atoms with Gasteiger partial charge >= 0.3 is 10.2 Å². The number of benzene rings is 1. The van der Waals surface area contributed by atoms with E-state index in [1.54, 1.807) is 12.1 Å². The van der Waals surface area contributed by atoms with Gasteiger partial charge in [0.05, 0.1) is 0 Å². The van der Waals surface area contributed by atoms with Gasteiger partial charge in [-0.1, -0.05) is 16.0 Å². The maximum absolute atomic E-state index is 11.5. The van der Waals surface area contributed by atoms with E-state index in [4.69, 9.17) is 11.6 Å². The highest BCUT2D eigenvalue weighted by Crippen LogP contribution is 2.20. The molecule has 0 unspecified atom stereocenters. The molecule has 0 N–H and O–H groups in total. The fourth-order valence-electron chi connectivity index (χ4n) is 1.93. The van der Waals surface area contributed by atoms with Crippen LogP contribution < -0.4 is 4.90 Å². The summed E-state index contributed by atoms with van der Waals surface area (Å²) in [4.78, 5) is 12.1. The first kappa shape index (κ1) is 14.0. The molecule has 0 bridgehead atoms. The van der Waals surface area contributed by atoms with Crippen LogP contribution >= 0.6 is 11.6 Å². The van der Waals surface area contributed by atoms with Crippen LogP contribution in [0, 0.1) is 0 Å². The highest BCUT2D eigenvalue weighted by atomic mass is 35.5. The second-order valence-corrected chi connectivity index (χ2v) is 6.05. The van der Waals surface area contributed by atoms with Gasteiger partial charge in [-0.2, -0.15) is 12.7 Å². The fourth-order valence-corrected chi connectivity index (χ4v) is 2.89. The van der Waals surface area contributed by atoms with Crippen molar-refractivity contribution in [2.75, 3.05) is 31.1 Å². The van der Waals surface area contributed by atoms with Gasteiger partial charge < -0.3 is 4.90 Å². The minimum Gasteiger partial charge on any atom is -0.369 e. The van der Waals surface area contributed by atoms with Crippen molar-refractivity contribution < 1.29 is 13.2 Å². The molecule has 2 rings (SSSR count). The Morgan fingerprint density at radius 2 is 1.68 bits per heavy atom. The molecule has 0 radical (unpaired) electrons. The Hall–Kier alpha value is -1.40. The van der Waals surface area contributed by atoms with Gasteiger partial charge in [-0.05, 0) is 24.3 Å². The molecule has 1 heterocycles. The van der Waals surface area contributed by atoms with E-state index in [9.17, 15) is 13.2 Å². The number of isocyanates is 1. The van der Waals surface area contributed by atoms with E-state index in [1.165, 1.54) is 4.31 Å². The smallest absolute Gasteiger partial charge is 0.332 e. The van der Waals surface area contributed by atoms with Crippen LogP contribution in [0.3, 0.4) is 0 Å². The number of piperazine rings is 1. The van der Waals surface area contributed by atoms with E-state index >= 15 is 0 Å². The first-order chi connectivity index (χ1) is 9.03. The van der Waals surface area contributed by atoms with Crippen LogP contribution in [-0.4, -0.2) is 45.0 Å². The molecule has 1 saturated heterocycles. The monoisotopic (exact) mass is 301 g/mol. The van der Waals surface area contributed by atoms with E-state index < -0.39 is 10.2 Å². The first-order valence-corrected chi connectivity index (χ1v) is 7.40. The fraction of sp³-hybridized carbons (Fsp3) is 0.364. The molecule has 19 heavy (non-hydrogen) atoms. The van der Waals surface area contributed by atoms with Gasteiger partial charge in [0, 0.05) is 36.9 Å². The third-order valence-electron chi connectivity index (χ3n) is 2.91. The molecule has 1 aromatic rings. The second kappa shape index (κ2) is 5.71. The van der Waals surface area contributed by atoms with Gasteiger partial charge in [-0.25, -0.2) is 4.79 Å². The largest absolute Gasteiger partial charge is 0.369 e. The lowest BCUT2D eigenvalue weighted by Crippen LogP contribution is -2.48. The number of hydrogen-bond acceptors (Lipinski definition) is 4. The van der Waals surface area contributed by atoms with Gasteiger partial charge in [0.1, 0.15) is 0 Å². The van der Waals surface area contributed by atoms with Crippen LogP contribution in [0.5, 0.6) is 0 Å². The lowest BCUT2D eigenvalue weighted by molar-refractivity contribution is 0.385. The van der Waals surface area contributed by atoms with Gasteiger partial charge in [0.2, 0.25) is 0 Å². The normalized spacial score (nSPS) is 17.0. The first-order valence-electron chi connectivity index (χ1n) is 5.63. The summed E-state index contributed by atoms with van der Waals surface area (Å²) in [5.41, 5.74) is 0.986. The summed E-state index contributed by atoms with van der Waals surface area (Å²) >= 11 is 5.81. The minimum absolute atomic E-state index is 0.288. The average Bonchev–Trinajstić information content (AvgIpc) is 2.40. The van der Waals surface area contributed by atoms with Crippen molar-refractivity contribution in [3.05, 3.63) is 29.3 Å². The van der Waals surface area contributed by atoms with Crippen molar-refractivity contribution in [3.8, 4) is 0 Å². The second-order valence-electron chi connectivity index (χ2n) is 4.02. The molecule has 102 valence electrons. The van der Waals surface area contributed by atoms with E-state index in [0.29, 0.717) is 18.1 Å². The van der Waals surface area contributed by atoms with Gasteiger partial charge in [0.15, 0.2) is 0 Å². The zero-order valence-corrected chi connectivity index (χ0v) is 11.6. The molecule has 0 spiro atoms. The summed E-state index contributed by atoms with van der Waals surface area (Å²) in [7, 11) is -3.86. The zero-order valence-electron chi connectivity index (χ0n) is 9.99. The molecule has 0 aromatic heterocycles. The summed E-state index contributed by atoms with van der Waals surface area (Å²) in [5, 5.41) is 0.658. The predicted molar refractivity (Wildman–Crippen MR) is 72.3 cm³/mol. The summed E-state index contributed by atoms with van der Waals surface area (Å²) in [6.45, 7) is 1.65. The standard InChI is InChI=1S/C11H12ClN3O3S/c12-10-1-3-11(4-2-10)14-5-7-15(8-6-14)19(17,18)13-9-16/h1-4H,5-8H2. The van der Waals surface area contributed by atoms with Crippen LogP contribution in [-0.2, 0) is 15.0 Å². The minimum atomic E-state index is -3.86. The SMILES string of the molecule is O=C=NS(=O)(=O)N1CCN(c2ccc(Cl)cc2)CC1. The van der Waals surface area contributed by atoms with Crippen molar-refractivity contribution >= 4 is 33.6 Å². The Balaban J connectivity index is 2.03. The Kier molecular flexibility index (Phi) is 4.21. The summed E-state index contributed by atoms with van der Waals surface area (Å²) in [6, 6.07) is 7.35. The Morgan fingerprint density at radius 3 is 2.21 bits per heavy atom. The number of anilines is 1. The highest BCUT2D eigenvalue weighted by Gasteiger charge is 2.26. The van der Waals surface area contributed by atoms with Crippen molar-refractivity contribution in [2.45, 2.75) is 0 Å². The summed E-state index contributed by atoms with van der Waals surface area (Å²) < 4.78 is 27.1. The van der Waals surface area contributed by atoms with Crippen molar-refractivity contribution in [1.82, 2.24) is 4.31 Å². The number of rotatable bonds is 3. The van der Waals surface area contributed by atoms with Crippen LogP contribution in [0.15, 0.2) is 28.7 Å². The highest BCUT2D eigenvalue weighted by molar-refractivity contribution is 7.87. The van der Waals surface area contributed by atoms with Gasteiger partial charge in [0.25, 0.3) is 6.08 Å². The Labute approximate surface area is 116 Å². The molecule has 6 nitrogen and oxygen atoms in total. The third kappa shape index (κ3) is 3.33. The molecule has 0 amide bonds. The zero-order chi connectivity index (χ0) is 13.9. The lowest BCUT2D eigenvalue weighted by Gasteiger charge is -2.34. The third-order valence-corrected chi connectivity index (χ3v) is 4.48. The van der Waals surface area contributed by atoms with Gasteiger partial charge in [-0.3, -0.25) is 0 Å². The number of halogens is 1. The number of nitrogens with zero attached hydrogens (tertiary/aromatic N) is 3. The van der Waals surface area contributed by atoms with E-state index in [1.807, 2.05) is 17.0 Å². The summed E-state index contributed by atoms with van der Waals surface area (Å²) in [5.74, 6) is 0. The molecular weight excluding hydrogens is 290 g/mol. The van der Waals surface area contributed by atoms with Gasteiger partial charge in [-0.15, -0.1) is 0 Å². The molecule has 1 aliphatic rings. The van der Waals surface area contributed by atoms with E-state index in [-0.39, 0.29) is 13.1 Å². The topological polar surface area (TPSA) is 70.0 Å². The molecule has 1 aromatic carbocycles. The van der Waals surface area contributed by atoms with Crippen molar-refractivity contribution in [1.29, 1.82) is 0 Å². The van der Waals surface area contributed by atoms with Crippen LogP contribution in [0.4, 0.5) is 5.69 Å². The van der Waals surface area contributed by atoms with Crippen molar-refractivity contribution in [3.63, 3.8) is 0 Å². The Bertz CT molecular complexity index is 588. The molecule has 1 aliphatic heterocycles. The Morgan fingerprint density at radius 1 is 1.11 bits per heavy atom. The molecule has 0 saturated carbocycles. The van der Waals surface area contributed by atoms with E-state index in [2.05, 4.69) is 4.40 Å².